The van der Waals surface area contributed by atoms with E-state index in [0.29, 0.717) is 11.4 Å². The molecule has 3 nitrogen and oxygen atoms in total. The average molecular weight is 268 g/mol. The summed E-state index contributed by atoms with van der Waals surface area (Å²) >= 11 is 5.91. The Hall–Kier alpha value is -1.06. The lowest BCUT2D eigenvalue weighted by molar-refractivity contribution is -0.116. The van der Waals surface area contributed by atoms with Gasteiger partial charge in [-0.05, 0) is 43.9 Å². The second-order valence-corrected chi connectivity index (χ2v) is 5.12. The molecule has 1 amide bonds. The number of carbonyl (C=O) groups is 1. The molecule has 1 fully saturated rings. The van der Waals surface area contributed by atoms with Gasteiger partial charge in [-0.2, -0.15) is 0 Å². The van der Waals surface area contributed by atoms with Gasteiger partial charge >= 0.3 is 0 Å². The molecule has 1 aromatic rings. The third-order valence-electron chi connectivity index (χ3n) is 3.19. The van der Waals surface area contributed by atoms with Crippen LogP contribution in [0, 0.1) is 6.92 Å². The topological polar surface area (TPSA) is 38.3 Å². The summed E-state index contributed by atoms with van der Waals surface area (Å²) in [6, 6.07) is 5.50. The first-order valence-electron chi connectivity index (χ1n) is 6.33. The van der Waals surface area contributed by atoms with Crippen LogP contribution in [0.1, 0.15) is 31.2 Å². The van der Waals surface area contributed by atoms with Gasteiger partial charge in [0.25, 0.3) is 0 Å². The number of hydrogen-bond donors (Lipinski definition) is 1. The summed E-state index contributed by atoms with van der Waals surface area (Å²) in [5, 5.41) is 3.53. The van der Waals surface area contributed by atoms with E-state index in [1.807, 2.05) is 19.1 Å². The number of hydrogen-bond acceptors (Lipinski definition) is 2. The van der Waals surface area contributed by atoms with Gasteiger partial charge in [-0.1, -0.05) is 17.7 Å². The van der Waals surface area contributed by atoms with Gasteiger partial charge in [0.1, 0.15) is 0 Å². The number of rotatable bonds is 4. The first-order valence-corrected chi connectivity index (χ1v) is 6.70. The molecule has 0 aliphatic carbocycles. The second-order valence-electron chi connectivity index (χ2n) is 4.68. The highest BCUT2D eigenvalue weighted by Gasteiger charge is 2.16. The minimum Gasteiger partial charge on any atom is -0.378 e. The molecule has 18 heavy (non-hydrogen) atoms. The normalized spacial score (nSPS) is 18.9. The minimum absolute atomic E-state index is 0.0240. The third kappa shape index (κ3) is 3.72. The summed E-state index contributed by atoms with van der Waals surface area (Å²) in [4.78, 5) is 11.8. The Morgan fingerprint density at radius 1 is 1.56 bits per heavy atom. The number of aryl methyl sites for hydroxylation is 1. The molecule has 1 N–H and O–H groups in total. The molecule has 0 bridgehead atoms. The summed E-state index contributed by atoms with van der Waals surface area (Å²) in [5.74, 6) is 0.0240. The maximum Gasteiger partial charge on any atom is 0.224 e. The first-order chi connectivity index (χ1) is 8.65. The van der Waals surface area contributed by atoms with Crippen molar-refractivity contribution in [1.29, 1.82) is 0 Å². The van der Waals surface area contributed by atoms with E-state index in [1.54, 1.807) is 6.07 Å². The zero-order valence-corrected chi connectivity index (χ0v) is 11.3. The average Bonchev–Trinajstić information content (AvgIpc) is 2.84. The van der Waals surface area contributed by atoms with Crippen LogP contribution in [0.2, 0.25) is 5.02 Å². The Morgan fingerprint density at radius 2 is 2.39 bits per heavy atom. The summed E-state index contributed by atoms with van der Waals surface area (Å²) in [6.45, 7) is 2.78. The molecule has 1 atom stereocenters. The number of ether oxygens (including phenoxy) is 1. The molecule has 0 spiro atoms. The van der Waals surface area contributed by atoms with E-state index in [-0.39, 0.29) is 12.0 Å². The molecule has 98 valence electrons. The molecule has 1 heterocycles. The fourth-order valence-electron chi connectivity index (χ4n) is 2.11. The third-order valence-corrected chi connectivity index (χ3v) is 3.43. The van der Waals surface area contributed by atoms with Crippen LogP contribution >= 0.6 is 11.6 Å². The minimum atomic E-state index is 0.0240. The predicted molar refractivity (Wildman–Crippen MR) is 73.0 cm³/mol. The van der Waals surface area contributed by atoms with Crippen LogP contribution in [0.15, 0.2) is 18.2 Å². The Labute approximate surface area is 112 Å². The van der Waals surface area contributed by atoms with E-state index in [2.05, 4.69) is 5.32 Å². The van der Waals surface area contributed by atoms with E-state index in [0.717, 1.165) is 37.1 Å². The van der Waals surface area contributed by atoms with Gasteiger partial charge in [0.2, 0.25) is 5.91 Å². The molecular formula is C14H18ClNO2. The molecule has 2 rings (SSSR count). The van der Waals surface area contributed by atoms with Crippen molar-refractivity contribution < 1.29 is 9.53 Å². The van der Waals surface area contributed by atoms with Crippen molar-refractivity contribution in [2.45, 2.75) is 38.7 Å². The lowest BCUT2D eigenvalue weighted by Crippen LogP contribution is -2.15. The molecule has 1 aromatic carbocycles. The van der Waals surface area contributed by atoms with Gasteiger partial charge in [0.15, 0.2) is 0 Å². The van der Waals surface area contributed by atoms with Crippen molar-refractivity contribution in [3.8, 4) is 0 Å². The standard InChI is InChI=1S/C14H18ClNO2/c1-10-4-5-11(15)9-13(10)16-14(17)7-6-12-3-2-8-18-12/h4-5,9,12H,2-3,6-8H2,1H3,(H,16,17)/t12-/m1/s1. The lowest BCUT2D eigenvalue weighted by Gasteiger charge is -2.11. The second kappa shape index (κ2) is 6.21. The van der Waals surface area contributed by atoms with Crippen molar-refractivity contribution >= 4 is 23.2 Å². The molecular weight excluding hydrogens is 250 g/mol. The monoisotopic (exact) mass is 267 g/mol. The molecule has 0 saturated carbocycles. The number of benzene rings is 1. The van der Waals surface area contributed by atoms with Gasteiger partial charge < -0.3 is 10.1 Å². The van der Waals surface area contributed by atoms with Gasteiger partial charge in [0, 0.05) is 23.7 Å². The van der Waals surface area contributed by atoms with Crippen LogP contribution in [0.5, 0.6) is 0 Å². The van der Waals surface area contributed by atoms with Crippen LogP contribution < -0.4 is 5.32 Å². The molecule has 0 radical (unpaired) electrons. The SMILES string of the molecule is Cc1ccc(Cl)cc1NC(=O)CC[C@H]1CCCO1. The summed E-state index contributed by atoms with van der Waals surface area (Å²) < 4.78 is 5.50. The number of amides is 1. The number of nitrogens with one attached hydrogen (secondary N) is 1. The Bertz CT molecular complexity index is 428. The Kier molecular flexibility index (Phi) is 4.61. The highest BCUT2D eigenvalue weighted by atomic mass is 35.5. The number of halogens is 1. The van der Waals surface area contributed by atoms with Crippen molar-refractivity contribution in [2.75, 3.05) is 11.9 Å². The summed E-state index contributed by atoms with van der Waals surface area (Å²) in [5.41, 5.74) is 1.81. The molecule has 1 aliphatic heterocycles. The van der Waals surface area contributed by atoms with Crippen LogP contribution in [0.3, 0.4) is 0 Å². The van der Waals surface area contributed by atoms with Gasteiger partial charge in [-0.15, -0.1) is 0 Å². The van der Waals surface area contributed by atoms with Crippen molar-refractivity contribution in [3.63, 3.8) is 0 Å². The van der Waals surface area contributed by atoms with Crippen LogP contribution in [0.25, 0.3) is 0 Å². The molecule has 0 aromatic heterocycles. The number of anilines is 1. The van der Waals surface area contributed by atoms with Crippen molar-refractivity contribution in [3.05, 3.63) is 28.8 Å². The fourth-order valence-corrected chi connectivity index (χ4v) is 2.28. The lowest BCUT2D eigenvalue weighted by atomic mass is 10.1. The van der Waals surface area contributed by atoms with E-state index in [4.69, 9.17) is 16.3 Å². The predicted octanol–water partition coefficient (Wildman–Crippen LogP) is 3.55. The Balaban J connectivity index is 1.84. The Morgan fingerprint density at radius 3 is 3.11 bits per heavy atom. The number of carbonyl (C=O) groups excluding carboxylic acids is 1. The van der Waals surface area contributed by atoms with Crippen LogP contribution in [0.4, 0.5) is 5.69 Å². The maximum atomic E-state index is 11.8. The molecule has 1 aliphatic rings. The van der Waals surface area contributed by atoms with Gasteiger partial charge in [-0.3, -0.25) is 4.79 Å². The van der Waals surface area contributed by atoms with E-state index in [1.165, 1.54) is 0 Å². The summed E-state index contributed by atoms with van der Waals surface area (Å²) in [7, 11) is 0. The molecule has 4 heteroatoms. The van der Waals surface area contributed by atoms with Gasteiger partial charge in [-0.25, -0.2) is 0 Å². The van der Waals surface area contributed by atoms with E-state index in [9.17, 15) is 4.79 Å². The van der Waals surface area contributed by atoms with E-state index >= 15 is 0 Å². The zero-order valence-electron chi connectivity index (χ0n) is 10.5. The van der Waals surface area contributed by atoms with Crippen LogP contribution in [-0.4, -0.2) is 18.6 Å². The molecule has 0 unspecified atom stereocenters. The van der Waals surface area contributed by atoms with Gasteiger partial charge in [0.05, 0.1) is 6.10 Å². The highest BCUT2D eigenvalue weighted by molar-refractivity contribution is 6.31. The molecule has 1 saturated heterocycles. The maximum absolute atomic E-state index is 11.8. The quantitative estimate of drug-likeness (QED) is 0.906. The fraction of sp³-hybridized carbons (Fsp3) is 0.500. The van der Waals surface area contributed by atoms with Crippen molar-refractivity contribution in [2.24, 2.45) is 0 Å². The van der Waals surface area contributed by atoms with E-state index < -0.39 is 0 Å². The first kappa shape index (κ1) is 13.4. The highest BCUT2D eigenvalue weighted by Crippen LogP contribution is 2.21. The smallest absolute Gasteiger partial charge is 0.224 e. The van der Waals surface area contributed by atoms with Crippen molar-refractivity contribution in [1.82, 2.24) is 0 Å². The summed E-state index contributed by atoms with van der Waals surface area (Å²) in [6.07, 6.45) is 3.74. The largest absolute Gasteiger partial charge is 0.378 e. The zero-order chi connectivity index (χ0) is 13.0. The van der Waals surface area contributed by atoms with Crippen LogP contribution in [-0.2, 0) is 9.53 Å².